The Morgan fingerprint density at radius 3 is 2.50 bits per heavy atom. The lowest BCUT2D eigenvalue weighted by Gasteiger charge is -2.23. The summed E-state index contributed by atoms with van der Waals surface area (Å²) in [4.78, 5) is 23.4. The summed E-state index contributed by atoms with van der Waals surface area (Å²) in [5, 5.41) is 0. The summed E-state index contributed by atoms with van der Waals surface area (Å²) in [6, 6.07) is 4.91. The number of methoxy groups -OCH3 is 2. The summed E-state index contributed by atoms with van der Waals surface area (Å²) in [5.74, 6) is -1.34. The molecule has 1 aliphatic rings. The van der Waals surface area contributed by atoms with Gasteiger partial charge < -0.3 is 9.47 Å². The molecule has 1 aliphatic heterocycles. The smallest absolute Gasteiger partial charge is 0.339 e. The molecule has 1 fully saturated rings. The number of nitrogens with zero attached hydrogens (tertiary/aromatic N) is 1. The second kappa shape index (κ2) is 6.45. The van der Waals surface area contributed by atoms with Crippen molar-refractivity contribution in [2.24, 2.45) is 0 Å². The Labute approximate surface area is 128 Å². The van der Waals surface area contributed by atoms with Gasteiger partial charge in [-0.15, -0.1) is 0 Å². The number of ether oxygens (including phenoxy) is 2. The fraction of sp³-hybridized carbons (Fsp3) is 0.429. The largest absolute Gasteiger partial charge is 0.468 e. The maximum atomic E-state index is 12.8. The Balaban J connectivity index is 2.47. The molecule has 0 saturated carbocycles. The lowest BCUT2D eigenvalue weighted by molar-refractivity contribution is -0.144. The molecule has 2 rings (SSSR count). The first-order valence-corrected chi connectivity index (χ1v) is 8.14. The van der Waals surface area contributed by atoms with E-state index in [-0.39, 0.29) is 17.0 Å². The first-order chi connectivity index (χ1) is 10.4. The third-order valence-electron chi connectivity index (χ3n) is 3.56. The fourth-order valence-electron chi connectivity index (χ4n) is 2.50. The predicted molar refractivity (Wildman–Crippen MR) is 76.7 cm³/mol. The van der Waals surface area contributed by atoms with E-state index in [1.54, 1.807) is 6.07 Å². The second-order valence-electron chi connectivity index (χ2n) is 4.78. The van der Waals surface area contributed by atoms with Gasteiger partial charge in [-0.3, -0.25) is 4.79 Å². The normalized spacial score (nSPS) is 18.9. The van der Waals surface area contributed by atoms with Crippen molar-refractivity contribution in [3.63, 3.8) is 0 Å². The van der Waals surface area contributed by atoms with E-state index in [0.717, 1.165) is 4.31 Å². The van der Waals surface area contributed by atoms with Gasteiger partial charge in [0.15, 0.2) is 0 Å². The van der Waals surface area contributed by atoms with Crippen LogP contribution >= 0.6 is 0 Å². The Hall–Kier alpha value is -1.93. The molecule has 0 bridgehead atoms. The zero-order valence-electron chi connectivity index (χ0n) is 12.3. The molecular formula is C14H17NO6S. The highest BCUT2D eigenvalue weighted by molar-refractivity contribution is 7.89. The van der Waals surface area contributed by atoms with E-state index >= 15 is 0 Å². The van der Waals surface area contributed by atoms with Crippen molar-refractivity contribution in [2.45, 2.75) is 23.8 Å². The molecule has 0 amide bonds. The van der Waals surface area contributed by atoms with Crippen molar-refractivity contribution < 1.29 is 27.5 Å². The average Bonchev–Trinajstić information content (AvgIpc) is 3.03. The highest BCUT2D eigenvalue weighted by atomic mass is 32.2. The number of hydrogen-bond donors (Lipinski definition) is 0. The van der Waals surface area contributed by atoms with Gasteiger partial charge in [0.25, 0.3) is 0 Å². The van der Waals surface area contributed by atoms with Crippen LogP contribution in [0.25, 0.3) is 0 Å². The minimum Gasteiger partial charge on any atom is -0.468 e. The molecule has 0 N–H and O–H groups in total. The van der Waals surface area contributed by atoms with Gasteiger partial charge in [0.1, 0.15) is 6.04 Å². The summed E-state index contributed by atoms with van der Waals surface area (Å²) in [6.45, 7) is 0.206. The molecule has 8 heteroatoms. The highest BCUT2D eigenvalue weighted by Crippen LogP contribution is 2.28. The summed E-state index contributed by atoms with van der Waals surface area (Å²) in [7, 11) is -1.60. The lowest BCUT2D eigenvalue weighted by atomic mass is 10.2. The molecule has 0 aliphatic carbocycles. The van der Waals surface area contributed by atoms with E-state index in [1.807, 2.05) is 0 Å². The van der Waals surface area contributed by atoms with Crippen LogP contribution in [0.3, 0.4) is 0 Å². The summed E-state index contributed by atoms with van der Waals surface area (Å²) >= 11 is 0. The molecule has 1 aromatic carbocycles. The maximum absolute atomic E-state index is 12.8. The van der Waals surface area contributed by atoms with Gasteiger partial charge in [-0.2, -0.15) is 4.31 Å². The second-order valence-corrected chi connectivity index (χ2v) is 6.64. The minimum absolute atomic E-state index is 0.0551. The van der Waals surface area contributed by atoms with Crippen molar-refractivity contribution in [1.29, 1.82) is 0 Å². The van der Waals surface area contributed by atoms with Crippen LogP contribution in [-0.2, 0) is 24.3 Å². The standard InChI is InChI=1S/C14H17NO6S/c1-20-13(16)10-6-3-4-8-12(10)22(18,19)15-9-5-7-11(15)14(17)21-2/h3-4,6,8,11H,5,7,9H2,1-2H3. The Morgan fingerprint density at radius 1 is 1.18 bits per heavy atom. The van der Waals surface area contributed by atoms with E-state index in [0.29, 0.717) is 12.8 Å². The molecule has 1 saturated heterocycles. The third kappa shape index (κ3) is 2.84. The van der Waals surface area contributed by atoms with E-state index in [1.165, 1.54) is 32.4 Å². The summed E-state index contributed by atoms with van der Waals surface area (Å²) in [6.07, 6.45) is 0.950. The molecule has 1 heterocycles. The number of hydrogen-bond acceptors (Lipinski definition) is 6. The average molecular weight is 327 g/mol. The number of sulfonamides is 1. The quantitative estimate of drug-likeness (QED) is 0.760. The Bertz CT molecular complexity index is 684. The number of carbonyl (C=O) groups excluding carboxylic acids is 2. The maximum Gasteiger partial charge on any atom is 0.339 e. The molecule has 120 valence electrons. The van der Waals surface area contributed by atoms with Crippen LogP contribution in [0.15, 0.2) is 29.2 Å². The number of carbonyl (C=O) groups is 2. The van der Waals surface area contributed by atoms with Crippen molar-refractivity contribution in [3.8, 4) is 0 Å². The third-order valence-corrected chi connectivity index (χ3v) is 5.52. The molecule has 1 atom stereocenters. The molecule has 1 unspecified atom stereocenters. The van der Waals surface area contributed by atoms with Crippen molar-refractivity contribution in [3.05, 3.63) is 29.8 Å². The zero-order valence-corrected chi connectivity index (χ0v) is 13.1. The van der Waals surface area contributed by atoms with Gasteiger partial charge in [0, 0.05) is 6.54 Å². The molecule has 22 heavy (non-hydrogen) atoms. The molecular weight excluding hydrogens is 310 g/mol. The molecule has 0 aromatic heterocycles. The van der Waals surface area contributed by atoms with E-state index in [4.69, 9.17) is 0 Å². The molecule has 1 aromatic rings. The number of benzene rings is 1. The zero-order chi connectivity index (χ0) is 16.3. The van der Waals surface area contributed by atoms with Gasteiger partial charge in [-0.05, 0) is 25.0 Å². The molecule has 7 nitrogen and oxygen atoms in total. The molecule has 0 radical (unpaired) electrons. The van der Waals surface area contributed by atoms with Crippen molar-refractivity contribution in [2.75, 3.05) is 20.8 Å². The highest BCUT2D eigenvalue weighted by Gasteiger charge is 2.41. The van der Waals surface area contributed by atoms with Crippen LogP contribution in [0, 0.1) is 0 Å². The van der Waals surface area contributed by atoms with E-state index in [9.17, 15) is 18.0 Å². The summed E-state index contributed by atoms with van der Waals surface area (Å²) < 4.78 is 36.0. The van der Waals surface area contributed by atoms with Crippen LogP contribution in [0.4, 0.5) is 0 Å². The van der Waals surface area contributed by atoms with Gasteiger partial charge in [0.05, 0.1) is 24.7 Å². The monoisotopic (exact) mass is 327 g/mol. The van der Waals surface area contributed by atoms with Gasteiger partial charge in [0.2, 0.25) is 10.0 Å². The Morgan fingerprint density at radius 2 is 1.86 bits per heavy atom. The predicted octanol–water partition coefficient (Wildman–Crippen LogP) is 0.799. The van der Waals surface area contributed by atoms with Crippen LogP contribution in [0.2, 0.25) is 0 Å². The topological polar surface area (TPSA) is 90.0 Å². The fourth-order valence-corrected chi connectivity index (χ4v) is 4.32. The molecule has 0 spiro atoms. The van der Waals surface area contributed by atoms with Crippen LogP contribution in [0.1, 0.15) is 23.2 Å². The number of rotatable bonds is 4. The van der Waals surface area contributed by atoms with Gasteiger partial charge >= 0.3 is 11.9 Å². The summed E-state index contributed by atoms with van der Waals surface area (Å²) in [5.41, 5.74) is -0.0551. The van der Waals surface area contributed by atoms with E-state index < -0.39 is 28.0 Å². The minimum atomic E-state index is -4.00. The number of esters is 2. The van der Waals surface area contributed by atoms with Crippen LogP contribution < -0.4 is 0 Å². The lowest BCUT2D eigenvalue weighted by Crippen LogP contribution is -2.41. The van der Waals surface area contributed by atoms with E-state index in [2.05, 4.69) is 9.47 Å². The van der Waals surface area contributed by atoms with Crippen molar-refractivity contribution >= 4 is 22.0 Å². The van der Waals surface area contributed by atoms with Crippen molar-refractivity contribution in [1.82, 2.24) is 4.31 Å². The first-order valence-electron chi connectivity index (χ1n) is 6.70. The SMILES string of the molecule is COC(=O)c1ccccc1S(=O)(=O)N1CCCC1C(=O)OC. The first kappa shape index (κ1) is 16.4. The van der Waals surface area contributed by atoms with Crippen LogP contribution in [-0.4, -0.2) is 51.5 Å². The van der Waals surface area contributed by atoms with Gasteiger partial charge in [-0.1, -0.05) is 12.1 Å². The van der Waals surface area contributed by atoms with Gasteiger partial charge in [-0.25, -0.2) is 13.2 Å². The Kier molecular flexibility index (Phi) is 4.82. The van der Waals surface area contributed by atoms with Crippen LogP contribution in [0.5, 0.6) is 0 Å².